The zero-order valence-corrected chi connectivity index (χ0v) is 17.7. The lowest BCUT2D eigenvalue weighted by molar-refractivity contribution is -0.121. The van der Waals surface area contributed by atoms with Crippen LogP contribution in [0.25, 0.3) is 0 Å². The van der Waals surface area contributed by atoms with E-state index in [4.69, 9.17) is 4.74 Å². The molecule has 0 aliphatic rings. The number of ether oxygens (including phenoxy) is 1. The lowest BCUT2D eigenvalue weighted by atomic mass is 10.1. The van der Waals surface area contributed by atoms with Gasteiger partial charge in [-0.25, -0.2) is 0 Å². The number of rotatable bonds is 20. The minimum atomic E-state index is 0.103. The number of nitrogens with one attached hydrogen (secondary N) is 1. The number of hydrogen-bond donors (Lipinski definition) is 1. The summed E-state index contributed by atoms with van der Waals surface area (Å²) in [7, 11) is 0. The molecular weight excluding hydrogens is 322 g/mol. The monoisotopic (exact) mass is 367 g/mol. The van der Waals surface area contributed by atoms with Crippen LogP contribution in [0.5, 0.6) is 0 Å². The largest absolute Gasteiger partial charge is 0.380 e. The maximum absolute atomic E-state index is 11.0. The van der Waals surface area contributed by atoms with Crippen molar-refractivity contribution in [1.82, 2.24) is 5.32 Å². The highest BCUT2D eigenvalue weighted by atomic mass is 16.5. The number of hydrogen-bond acceptors (Lipinski definition) is 2. The maximum Gasteiger partial charge on any atom is 0.219 e. The van der Waals surface area contributed by atoms with E-state index in [9.17, 15) is 4.79 Å². The molecule has 1 amide bonds. The first kappa shape index (κ1) is 25.2. The van der Waals surface area contributed by atoms with Gasteiger partial charge < -0.3 is 10.1 Å². The van der Waals surface area contributed by atoms with Gasteiger partial charge in [-0.05, 0) is 32.1 Å². The van der Waals surface area contributed by atoms with Gasteiger partial charge in [-0.3, -0.25) is 4.79 Å². The third-order valence-corrected chi connectivity index (χ3v) is 4.69. The van der Waals surface area contributed by atoms with Gasteiger partial charge in [-0.15, -0.1) is 0 Å². The van der Waals surface area contributed by atoms with Gasteiger partial charge in [0.25, 0.3) is 0 Å². The van der Waals surface area contributed by atoms with Crippen molar-refractivity contribution in [3.63, 3.8) is 0 Å². The minimum Gasteiger partial charge on any atom is -0.380 e. The van der Waals surface area contributed by atoms with E-state index in [0.29, 0.717) is 19.6 Å². The fourth-order valence-electron chi connectivity index (χ4n) is 2.94. The molecule has 0 atom stereocenters. The van der Waals surface area contributed by atoms with E-state index in [1.165, 1.54) is 83.5 Å². The SMILES string of the molecule is CCCCCCCC/C=C\CCCCCCCCOCCNC(=O)CC. The van der Waals surface area contributed by atoms with Crippen LogP contribution in [0.4, 0.5) is 0 Å². The van der Waals surface area contributed by atoms with Crippen molar-refractivity contribution in [2.75, 3.05) is 19.8 Å². The number of carbonyl (C=O) groups excluding carboxylic acids is 1. The summed E-state index contributed by atoms with van der Waals surface area (Å²) >= 11 is 0. The van der Waals surface area contributed by atoms with E-state index in [1.807, 2.05) is 6.92 Å². The van der Waals surface area contributed by atoms with E-state index in [0.717, 1.165) is 13.0 Å². The molecule has 0 unspecified atom stereocenters. The van der Waals surface area contributed by atoms with Crippen molar-refractivity contribution in [3.8, 4) is 0 Å². The molecule has 0 aromatic rings. The summed E-state index contributed by atoms with van der Waals surface area (Å²) in [5.41, 5.74) is 0. The van der Waals surface area contributed by atoms with Crippen LogP contribution in [-0.4, -0.2) is 25.7 Å². The van der Waals surface area contributed by atoms with Crippen LogP contribution < -0.4 is 5.32 Å². The third kappa shape index (κ3) is 21.2. The first-order valence-corrected chi connectivity index (χ1v) is 11.3. The average molecular weight is 368 g/mol. The number of allylic oxidation sites excluding steroid dienone is 2. The van der Waals surface area contributed by atoms with Crippen molar-refractivity contribution in [3.05, 3.63) is 12.2 Å². The Kier molecular flexibility index (Phi) is 21.5. The van der Waals surface area contributed by atoms with E-state index >= 15 is 0 Å². The zero-order valence-electron chi connectivity index (χ0n) is 17.7. The molecule has 0 saturated heterocycles. The Balaban J connectivity index is 3.08. The molecule has 0 fully saturated rings. The van der Waals surface area contributed by atoms with E-state index in [1.54, 1.807) is 0 Å². The molecule has 0 radical (unpaired) electrons. The zero-order chi connectivity index (χ0) is 19.1. The average Bonchev–Trinajstić information content (AvgIpc) is 2.66. The second-order valence-corrected chi connectivity index (χ2v) is 7.25. The van der Waals surface area contributed by atoms with Crippen LogP contribution in [-0.2, 0) is 9.53 Å². The smallest absolute Gasteiger partial charge is 0.219 e. The molecular formula is C23H45NO2. The van der Waals surface area contributed by atoms with Gasteiger partial charge in [0.1, 0.15) is 0 Å². The van der Waals surface area contributed by atoms with Crippen molar-refractivity contribution < 1.29 is 9.53 Å². The quantitative estimate of drug-likeness (QED) is 0.195. The van der Waals surface area contributed by atoms with Gasteiger partial charge in [0, 0.05) is 19.6 Å². The third-order valence-electron chi connectivity index (χ3n) is 4.69. The Hall–Kier alpha value is -0.830. The van der Waals surface area contributed by atoms with Crippen molar-refractivity contribution in [2.24, 2.45) is 0 Å². The van der Waals surface area contributed by atoms with Crippen LogP contribution in [0.1, 0.15) is 110 Å². The van der Waals surface area contributed by atoms with Crippen molar-refractivity contribution in [2.45, 2.75) is 110 Å². The molecule has 0 rings (SSSR count). The standard InChI is InChI=1S/C23H45NO2/c1-3-5-6-7-8-9-10-11-12-13-14-15-16-17-18-19-21-26-22-20-24-23(25)4-2/h11-12H,3-10,13-22H2,1-2H3,(H,24,25)/b12-11-. The molecule has 154 valence electrons. The van der Waals surface area contributed by atoms with Crippen LogP contribution in [0.15, 0.2) is 12.2 Å². The van der Waals surface area contributed by atoms with E-state index < -0.39 is 0 Å². The summed E-state index contributed by atoms with van der Waals surface area (Å²) in [5, 5.41) is 2.82. The molecule has 26 heavy (non-hydrogen) atoms. The van der Waals surface area contributed by atoms with Gasteiger partial charge in [0.2, 0.25) is 5.91 Å². The van der Waals surface area contributed by atoms with Gasteiger partial charge in [-0.2, -0.15) is 0 Å². The van der Waals surface area contributed by atoms with Crippen LogP contribution in [0.3, 0.4) is 0 Å². The second-order valence-electron chi connectivity index (χ2n) is 7.25. The Morgan fingerprint density at radius 3 is 1.85 bits per heavy atom. The van der Waals surface area contributed by atoms with Gasteiger partial charge in [-0.1, -0.05) is 83.8 Å². The lowest BCUT2D eigenvalue weighted by Crippen LogP contribution is -2.26. The van der Waals surface area contributed by atoms with Crippen LogP contribution >= 0.6 is 0 Å². The summed E-state index contributed by atoms with van der Waals surface area (Å²) in [6.07, 6.45) is 24.0. The lowest BCUT2D eigenvalue weighted by Gasteiger charge is -2.05. The normalized spacial score (nSPS) is 11.3. The van der Waals surface area contributed by atoms with E-state index in [-0.39, 0.29) is 5.91 Å². The van der Waals surface area contributed by atoms with Gasteiger partial charge in [0.05, 0.1) is 6.61 Å². The minimum absolute atomic E-state index is 0.103. The fourth-order valence-corrected chi connectivity index (χ4v) is 2.94. The number of unbranched alkanes of at least 4 members (excludes halogenated alkanes) is 12. The highest BCUT2D eigenvalue weighted by Gasteiger charge is 1.95. The molecule has 0 aliphatic carbocycles. The first-order chi connectivity index (χ1) is 12.8. The topological polar surface area (TPSA) is 38.3 Å². The van der Waals surface area contributed by atoms with Crippen LogP contribution in [0.2, 0.25) is 0 Å². The Morgan fingerprint density at radius 1 is 0.731 bits per heavy atom. The Bertz CT molecular complexity index is 315. The maximum atomic E-state index is 11.0. The van der Waals surface area contributed by atoms with Gasteiger partial charge in [0.15, 0.2) is 0 Å². The fraction of sp³-hybridized carbons (Fsp3) is 0.870. The van der Waals surface area contributed by atoms with E-state index in [2.05, 4.69) is 24.4 Å². The Labute approximate surface area is 163 Å². The molecule has 3 nitrogen and oxygen atoms in total. The highest BCUT2D eigenvalue weighted by Crippen LogP contribution is 2.09. The predicted octanol–water partition coefficient (Wildman–Crippen LogP) is 6.57. The van der Waals surface area contributed by atoms with Gasteiger partial charge >= 0.3 is 0 Å². The van der Waals surface area contributed by atoms with Crippen molar-refractivity contribution >= 4 is 5.91 Å². The first-order valence-electron chi connectivity index (χ1n) is 11.3. The summed E-state index contributed by atoms with van der Waals surface area (Å²) in [6, 6.07) is 0. The van der Waals surface area contributed by atoms with Crippen LogP contribution in [0, 0.1) is 0 Å². The highest BCUT2D eigenvalue weighted by molar-refractivity contribution is 5.75. The molecule has 0 spiro atoms. The summed E-state index contributed by atoms with van der Waals surface area (Å²) in [5.74, 6) is 0.103. The molecule has 0 aliphatic heterocycles. The molecule has 3 heteroatoms. The second kappa shape index (κ2) is 22.2. The predicted molar refractivity (Wildman–Crippen MR) is 114 cm³/mol. The number of amides is 1. The molecule has 1 N–H and O–H groups in total. The Morgan fingerprint density at radius 2 is 1.27 bits per heavy atom. The molecule has 0 heterocycles. The summed E-state index contributed by atoms with van der Waals surface area (Å²) in [4.78, 5) is 11.0. The summed E-state index contributed by atoms with van der Waals surface area (Å²) in [6.45, 7) is 6.23. The molecule has 0 aromatic carbocycles. The summed E-state index contributed by atoms with van der Waals surface area (Å²) < 4.78 is 5.52. The number of carbonyl (C=O) groups is 1. The molecule has 0 aromatic heterocycles. The van der Waals surface area contributed by atoms with Crippen molar-refractivity contribution in [1.29, 1.82) is 0 Å². The molecule has 0 bridgehead atoms. The molecule has 0 saturated carbocycles.